The lowest BCUT2D eigenvalue weighted by Crippen LogP contribution is -2.57. The first-order chi connectivity index (χ1) is 18.2. The topological polar surface area (TPSA) is 84.9 Å². The molecule has 194 valence electrons. The molecule has 2 bridgehead atoms. The van der Waals surface area contributed by atoms with Crippen LogP contribution in [0.2, 0.25) is 0 Å². The number of anilines is 1. The Labute approximate surface area is 229 Å². The molecule has 1 N–H and O–H groups in total. The van der Waals surface area contributed by atoms with E-state index in [2.05, 4.69) is 5.32 Å². The standard InChI is InChI=1S/C29H24Cl2N2O5/c1-15(25(34)32-21-14-16(37-2)12-13-22(21)38-3)33-26(35)23-24(27(33)36)29(31)18-9-5-4-8-17(18)28(23,30)19-10-6-7-11-20(19)29/h4-15,23-24H,1-3H3,(H,32,34)/t15-,23-,24-,28?,29?/m0/s1. The van der Waals surface area contributed by atoms with Crippen LogP contribution in [0, 0.1) is 11.8 Å². The third kappa shape index (κ3) is 3.00. The molecule has 4 aliphatic rings. The Bertz CT molecular complexity index is 1400. The summed E-state index contributed by atoms with van der Waals surface area (Å²) >= 11 is 14.9. The Morgan fingerprint density at radius 3 is 1.74 bits per heavy atom. The SMILES string of the molecule is COc1ccc(OC)c(NC(=O)[C@H](C)N2C(=O)[C@@H]3[C@@H](C2=O)C2(Cl)c4ccccc4C3(Cl)c3ccccc32)c1. The highest BCUT2D eigenvalue weighted by Crippen LogP contribution is 2.69. The maximum Gasteiger partial charge on any atom is 0.247 e. The zero-order chi connectivity index (χ0) is 27.0. The normalized spacial score (nSPS) is 27.3. The molecule has 3 atom stereocenters. The molecule has 1 aliphatic heterocycles. The van der Waals surface area contributed by atoms with Crippen LogP contribution >= 0.6 is 23.2 Å². The van der Waals surface area contributed by atoms with E-state index in [0.29, 0.717) is 39.4 Å². The van der Waals surface area contributed by atoms with Crippen molar-refractivity contribution < 1.29 is 23.9 Å². The molecule has 7 nitrogen and oxygen atoms in total. The van der Waals surface area contributed by atoms with E-state index in [9.17, 15) is 14.4 Å². The Kier molecular flexibility index (Phi) is 5.53. The maximum absolute atomic E-state index is 14.1. The number of imide groups is 1. The van der Waals surface area contributed by atoms with Gasteiger partial charge in [0, 0.05) is 6.07 Å². The van der Waals surface area contributed by atoms with Crippen molar-refractivity contribution in [2.75, 3.05) is 19.5 Å². The van der Waals surface area contributed by atoms with Gasteiger partial charge in [-0.15, -0.1) is 23.2 Å². The molecule has 3 aromatic rings. The zero-order valence-corrected chi connectivity index (χ0v) is 22.3. The third-order valence-corrected chi connectivity index (χ3v) is 9.34. The number of hydrogen-bond acceptors (Lipinski definition) is 5. The van der Waals surface area contributed by atoms with Gasteiger partial charge < -0.3 is 14.8 Å². The smallest absolute Gasteiger partial charge is 0.247 e. The van der Waals surface area contributed by atoms with Crippen LogP contribution in [0.15, 0.2) is 66.7 Å². The molecular formula is C29H24Cl2N2O5. The van der Waals surface area contributed by atoms with Gasteiger partial charge in [-0.2, -0.15) is 0 Å². The van der Waals surface area contributed by atoms with Crippen molar-refractivity contribution in [3.05, 3.63) is 89.0 Å². The minimum Gasteiger partial charge on any atom is -0.497 e. The third-order valence-electron chi connectivity index (χ3n) is 8.05. The number of likely N-dealkylation sites (tertiary alicyclic amines) is 1. The van der Waals surface area contributed by atoms with E-state index < -0.39 is 45.3 Å². The summed E-state index contributed by atoms with van der Waals surface area (Å²) in [5.74, 6) is -2.64. The molecule has 1 fully saturated rings. The lowest BCUT2D eigenvalue weighted by Gasteiger charge is -2.54. The molecule has 0 spiro atoms. The minimum atomic E-state index is -1.30. The molecule has 0 radical (unpaired) electrons. The number of benzene rings is 3. The van der Waals surface area contributed by atoms with Gasteiger partial charge in [-0.1, -0.05) is 48.5 Å². The van der Waals surface area contributed by atoms with Gasteiger partial charge in [-0.25, -0.2) is 0 Å². The number of rotatable bonds is 5. The van der Waals surface area contributed by atoms with Crippen LogP contribution in [0.5, 0.6) is 11.5 Å². The molecule has 7 rings (SSSR count). The van der Waals surface area contributed by atoms with Gasteiger partial charge in [0.05, 0.1) is 31.7 Å². The fourth-order valence-electron chi connectivity index (χ4n) is 6.34. The number of carbonyl (C=O) groups is 3. The second kappa shape index (κ2) is 8.48. The molecule has 0 unspecified atom stereocenters. The summed E-state index contributed by atoms with van der Waals surface area (Å²) in [4.78, 5) is 40.0. The summed E-state index contributed by atoms with van der Waals surface area (Å²) in [5, 5.41) is 2.77. The van der Waals surface area contributed by atoms with Crippen molar-refractivity contribution in [3.8, 4) is 11.5 Å². The van der Waals surface area contributed by atoms with Gasteiger partial charge in [-0.3, -0.25) is 19.3 Å². The van der Waals surface area contributed by atoms with E-state index >= 15 is 0 Å². The Morgan fingerprint density at radius 1 is 0.842 bits per heavy atom. The maximum atomic E-state index is 14.1. The van der Waals surface area contributed by atoms with Gasteiger partial charge in [-0.05, 0) is 41.3 Å². The van der Waals surface area contributed by atoms with Crippen molar-refractivity contribution in [2.24, 2.45) is 11.8 Å². The van der Waals surface area contributed by atoms with Gasteiger partial charge in [0.15, 0.2) is 0 Å². The van der Waals surface area contributed by atoms with Crippen LogP contribution < -0.4 is 14.8 Å². The number of halogens is 2. The van der Waals surface area contributed by atoms with Crippen LogP contribution in [0.4, 0.5) is 5.69 Å². The summed E-state index contributed by atoms with van der Waals surface area (Å²) in [7, 11) is 2.98. The number of amides is 3. The second-order valence-corrected chi connectivity index (χ2v) is 10.9. The predicted molar refractivity (Wildman–Crippen MR) is 143 cm³/mol. The number of nitrogens with zero attached hydrogens (tertiary/aromatic N) is 1. The Balaban J connectivity index is 1.42. The van der Waals surface area contributed by atoms with Gasteiger partial charge in [0.2, 0.25) is 17.7 Å². The van der Waals surface area contributed by atoms with E-state index in [4.69, 9.17) is 32.7 Å². The summed E-state index contributed by atoms with van der Waals surface area (Å²) in [6, 6.07) is 18.6. The molecule has 3 aliphatic carbocycles. The molecule has 0 aromatic heterocycles. The van der Waals surface area contributed by atoms with Crippen LogP contribution in [-0.4, -0.2) is 42.9 Å². The number of alkyl halides is 2. The monoisotopic (exact) mass is 550 g/mol. The van der Waals surface area contributed by atoms with Crippen LogP contribution in [0.1, 0.15) is 29.2 Å². The minimum absolute atomic E-state index is 0.350. The van der Waals surface area contributed by atoms with E-state index in [1.54, 1.807) is 18.2 Å². The summed E-state index contributed by atoms with van der Waals surface area (Å²) < 4.78 is 10.6. The van der Waals surface area contributed by atoms with Crippen LogP contribution in [-0.2, 0) is 24.1 Å². The molecule has 38 heavy (non-hydrogen) atoms. The fraction of sp³-hybridized carbons (Fsp3) is 0.276. The van der Waals surface area contributed by atoms with Crippen molar-refractivity contribution in [1.29, 1.82) is 0 Å². The van der Waals surface area contributed by atoms with Crippen molar-refractivity contribution in [3.63, 3.8) is 0 Å². The average molecular weight is 551 g/mol. The number of hydrogen-bond donors (Lipinski definition) is 1. The highest BCUT2D eigenvalue weighted by molar-refractivity contribution is 6.36. The van der Waals surface area contributed by atoms with Crippen molar-refractivity contribution in [1.82, 2.24) is 4.90 Å². The number of ether oxygens (including phenoxy) is 2. The summed E-state index contributed by atoms with van der Waals surface area (Å²) in [6.07, 6.45) is 0. The van der Waals surface area contributed by atoms with E-state index in [1.807, 2.05) is 48.5 Å². The lowest BCUT2D eigenvalue weighted by atomic mass is 9.54. The van der Waals surface area contributed by atoms with Crippen LogP contribution in [0.25, 0.3) is 0 Å². The van der Waals surface area contributed by atoms with E-state index in [0.717, 1.165) is 4.90 Å². The van der Waals surface area contributed by atoms with Crippen molar-refractivity contribution >= 4 is 46.6 Å². The highest BCUT2D eigenvalue weighted by Gasteiger charge is 2.73. The summed E-state index contributed by atoms with van der Waals surface area (Å²) in [6.45, 7) is 1.51. The molecule has 9 heteroatoms. The molecule has 3 aromatic carbocycles. The number of carbonyl (C=O) groups excluding carboxylic acids is 3. The fourth-order valence-corrected chi connectivity index (χ4v) is 7.43. The Hall–Kier alpha value is -3.55. The van der Waals surface area contributed by atoms with Gasteiger partial charge >= 0.3 is 0 Å². The molecule has 1 heterocycles. The first-order valence-electron chi connectivity index (χ1n) is 12.2. The van der Waals surface area contributed by atoms with Crippen molar-refractivity contribution in [2.45, 2.75) is 22.7 Å². The average Bonchev–Trinajstić information content (AvgIpc) is 3.22. The first-order valence-corrected chi connectivity index (χ1v) is 12.9. The Morgan fingerprint density at radius 2 is 1.32 bits per heavy atom. The number of nitrogens with one attached hydrogen (secondary N) is 1. The zero-order valence-electron chi connectivity index (χ0n) is 20.8. The second-order valence-electron chi connectivity index (χ2n) is 9.75. The molecule has 3 amide bonds. The lowest BCUT2D eigenvalue weighted by molar-refractivity contribution is -0.146. The largest absolute Gasteiger partial charge is 0.497 e. The predicted octanol–water partition coefficient (Wildman–Crippen LogP) is 4.62. The van der Waals surface area contributed by atoms with Gasteiger partial charge in [0.25, 0.3) is 0 Å². The van der Waals surface area contributed by atoms with E-state index in [1.165, 1.54) is 21.1 Å². The van der Waals surface area contributed by atoms with Crippen LogP contribution in [0.3, 0.4) is 0 Å². The highest BCUT2D eigenvalue weighted by atomic mass is 35.5. The number of methoxy groups -OCH3 is 2. The molecular weight excluding hydrogens is 527 g/mol. The van der Waals surface area contributed by atoms with E-state index in [-0.39, 0.29) is 0 Å². The quantitative estimate of drug-likeness (QED) is 0.370. The molecule has 1 saturated heterocycles. The first kappa shape index (κ1) is 24.8. The summed E-state index contributed by atoms with van der Waals surface area (Å²) in [5.41, 5.74) is 3.18. The van der Waals surface area contributed by atoms with Gasteiger partial charge in [0.1, 0.15) is 27.3 Å². The molecule has 0 saturated carbocycles.